The number of nitrogens with zero attached hydrogens (tertiary/aromatic N) is 2. The van der Waals surface area contributed by atoms with E-state index in [4.69, 9.17) is 5.26 Å². The number of halogens is 3. The van der Waals surface area contributed by atoms with E-state index in [1.807, 2.05) is 6.07 Å². The zero-order chi connectivity index (χ0) is 14.7. The van der Waals surface area contributed by atoms with Crippen LogP contribution >= 0.6 is 0 Å². The van der Waals surface area contributed by atoms with E-state index in [0.717, 1.165) is 25.7 Å². The molecule has 106 valence electrons. The molecule has 1 aromatic rings. The van der Waals surface area contributed by atoms with Crippen molar-refractivity contribution in [3.63, 3.8) is 0 Å². The number of carbonyl (C=O) groups is 1. The Labute approximate surface area is 114 Å². The number of benzene rings is 1. The Balaban J connectivity index is 2.29. The van der Waals surface area contributed by atoms with E-state index in [0.29, 0.717) is 12.1 Å². The monoisotopic (exact) mass is 282 g/mol. The molecule has 1 aromatic carbocycles. The van der Waals surface area contributed by atoms with Crippen molar-refractivity contribution in [1.29, 1.82) is 5.26 Å². The summed E-state index contributed by atoms with van der Waals surface area (Å²) < 4.78 is 39.2. The first-order valence-corrected chi connectivity index (χ1v) is 6.37. The van der Waals surface area contributed by atoms with Crippen molar-refractivity contribution in [3.05, 3.63) is 35.1 Å². The summed E-state index contributed by atoms with van der Waals surface area (Å²) in [5, 5.41) is 8.79. The highest BCUT2D eigenvalue weighted by Crippen LogP contribution is 2.25. The molecule has 6 heteroatoms. The Morgan fingerprint density at radius 1 is 1.25 bits per heavy atom. The molecule has 0 bridgehead atoms. The lowest BCUT2D eigenvalue weighted by Crippen LogP contribution is -2.39. The fourth-order valence-electron chi connectivity index (χ4n) is 2.50. The minimum atomic E-state index is -1.60. The molecule has 0 N–H and O–H groups in total. The summed E-state index contributed by atoms with van der Waals surface area (Å²) in [6, 6.07) is 3.11. The van der Waals surface area contributed by atoms with Gasteiger partial charge in [-0.2, -0.15) is 5.26 Å². The van der Waals surface area contributed by atoms with Crippen molar-refractivity contribution in [3.8, 4) is 6.07 Å². The van der Waals surface area contributed by atoms with Crippen LogP contribution in [0.25, 0.3) is 0 Å². The van der Waals surface area contributed by atoms with E-state index in [-0.39, 0.29) is 18.2 Å². The van der Waals surface area contributed by atoms with Gasteiger partial charge in [-0.1, -0.05) is 12.8 Å². The van der Waals surface area contributed by atoms with E-state index in [2.05, 4.69) is 0 Å². The second-order valence-corrected chi connectivity index (χ2v) is 4.78. The largest absolute Gasteiger partial charge is 0.322 e. The van der Waals surface area contributed by atoms with Gasteiger partial charge in [0, 0.05) is 11.6 Å². The quantitative estimate of drug-likeness (QED) is 0.632. The predicted octanol–water partition coefficient (Wildman–Crippen LogP) is 3.01. The third-order valence-electron chi connectivity index (χ3n) is 3.50. The van der Waals surface area contributed by atoms with E-state index >= 15 is 0 Å². The topological polar surface area (TPSA) is 44.1 Å². The molecule has 0 atom stereocenters. The van der Waals surface area contributed by atoms with Gasteiger partial charge in [-0.15, -0.1) is 0 Å². The second kappa shape index (κ2) is 5.95. The molecule has 20 heavy (non-hydrogen) atoms. The average Bonchev–Trinajstić information content (AvgIpc) is 2.94. The fourth-order valence-corrected chi connectivity index (χ4v) is 2.50. The minimum Gasteiger partial charge on any atom is -0.322 e. The van der Waals surface area contributed by atoms with Gasteiger partial charge >= 0.3 is 0 Å². The van der Waals surface area contributed by atoms with Gasteiger partial charge in [-0.05, 0) is 25.0 Å². The third kappa shape index (κ3) is 2.77. The Morgan fingerprint density at radius 2 is 1.80 bits per heavy atom. The fraction of sp³-hybridized carbons (Fsp3) is 0.429. The smallest absolute Gasteiger partial charge is 0.255 e. The number of carbonyl (C=O) groups excluding carboxylic acids is 1. The Hall–Kier alpha value is -2.03. The summed E-state index contributed by atoms with van der Waals surface area (Å²) in [6.07, 6.45) is 3.43. The number of hydrogen-bond donors (Lipinski definition) is 0. The molecule has 1 aliphatic carbocycles. The third-order valence-corrected chi connectivity index (χ3v) is 3.50. The zero-order valence-electron chi connectivity index (χ0n) is 10.7. The standard InChI is InChI=1S/C14H13F3N2O/c15-11-7-9(8-12(16)13(11)17)14(20)19(6-5-18)10-3-1-2-4-10/h7-8,10H,1-4,6H2. The van der Waals surface area contributed by atoms with E-state index in [9.17, 15) is 18.0 Å². The van der Waals surface area contributed by atoms with Gasteiger partial charge in [0.15, 0.2) is 17.5 Å². The van der Waals surface area contributed by atoms with Gasteiger partial charge in [-0.25, -0.2) is 13.2 Å². The maximum atomic E-state index is 13.2. The highest BCUT2D eigenvalue weighted by atomic mass is 19.2. The molecule has 0 spiro atoms. The second-order valence-electron chi connectivity index (χ2n) is 4.78. The SMILES string of the molecule is N#CCN(C(=O)c1cc(F)c(F)c(F)c1)C1CCCC1. The molecule has 2 rings (SSSR count). The van der Waals surface area contributed by atoms with Crippen molar-refractivity contribution >= 4 is 5.91 Å². The lowest BCUT2D eigenvalue weighted by molar-refractivity contribution is 0.0708. The highest BCUT2D eigenvalue weighted by molar-refractivity contribution is 5.94. The molecule has 1 amide bonds. The van der Waals surface area contributed by atoms with Crippen LogP contribution in [0.1, 0.15) is 36.0 Å². The molecule has 0 aliphatic heterocycles. The predicted molar refractivity (Wildman–Crippen MR) is 65.2 cm³/mol. The lowest BCUT2D eigenvalue weighted by Gasteiger charge is -2.26. The molecule has 0 heterocycles. The first kappa shape index (κ1) is 14.4. The summed E-state index contributed by atoms with van der Waals surface area (Å²) in [5.74, 6) is -5.06. The Bertz CT molecular complexity index is 539. The van der Waals surface area contributed by atoms with Crippen LogP contribution in [0.15, 0.2) is 12.1 Å². The Morgan fingerprint density at radius 3 is 2.30 bits per heavy atom. The van der Waals surface area contributed by atoms with Crippen LogP contribution in [0.2, 0.25) is 0 Å². The molecule has 3 nitrogen and oxygen atoms in total. The van der Waals surface area contributed by atoms with Crippen molar-refractivity contribution < 1.29 is 18.0 Å². The van der Waals surface area contributed by atoms with Gasteiger partial charge in [0.1, 0.15) is 6.54 Å². The van der Waals surface area contributed by atoms with Gasteiger partial charge in [-0.3, -0.25) is 4.79 Å². The molecular weight excluding hydrogens is 269 g/mol. The number of rotatable bonds is 3. The number of hydrogen-bond acceptors (Lipinski definition) is 2. The first-order valence-electron chi connectivity index (χ1n) is 6.37. The summed E-state index contributed by atoms with van der Waals surface area (Å²) in [4.78, 5) is 13.6. The average molecular weight is 282 g/mol. The van der Waals surface area contributed by atoms with Crippen molar-refractivity contribution in [2.24, 2.45) is 0 Å². The van der Waals surface area contributed by atoms with Crippen LogP contribution in [-0.4, -0.2) is 23.4 Å². The first-order chi connectivity index (χ1) is 9.54. The normalized spacial score (nSPS) is 15.1. The maximum Gasteiger partial charge on any atom is 0.255 e. The molecular formula is C14H13F3N2O. The molecule has 0 aromatic heterocycles. The molecule has 0 radical (unpaired) electrons. The highest BCUT2D eigenvalue weighted by Gasteiger charge is 2.28. The van der Waals surface area contributed by atoms with Gasteiger partial charge in [0.25, 0.3) is 5.91 Å². The lowest BCUT2D eigenvalue weighted by atomic mass is 10.1. The van der Waals surface area contributed by atoms with Crippen molar-refractivity contribution in [2.75, 3.05) is 6.54 Å². The maximum absolute atomic E-state index is 13.2. The summed E-state index contributed by atoms with van der Waals surface area (Å²) in [6.45, 7) is -0.149. The minimum absolute atomic E-state index is 0.0988. The zero-order valence-corrected chi connectivity index (χ0v) is 10.7. The number of nitriles is 1. The van der Waals surface area contributed by atoms with Crippen LogP contribution in [0.4, 0.5) is 13.2 Å². The van der Waals surface area contributed by atoms with E-state index in [1.165, 1.54) is 4.90 Å². The molecule has 1 saturated carbocycles. The van der Waals surface area contributed by atoms with Gasteiger partial charge < -0.3 is 4.90 Å². The molecule has 1 fully saturated rings. The van der Waals surface area contributed by atoms with Crippen LogP contribution < -0.4 is 0 Å². The number of amides is 1. The van der Waals surface area contributed by atoms with Gasteiger partial charge in [0.2, 0.25) is 0 Å². The summed E-state index contributed by atoms with van der Waals surface area (Å²) in [7, 11) is 0. The molecule has 1 aliphatic rings. The van der Waals surface area contributed by atoms with Crippen LogP contribution in [0.5, 0.6) is 0 Å². The van der Waals surface area contributed by atoms with Gasteiger partial charge in [0.05, 0.1) is 6.07 Å². The van der Waals surface area contributed by atoms with E-state index < -0.39 is 23.4 Å². The van der Waals surface area contributed by atoms with Crippen molar-refractivity contribution in [1.82, 2.24) is 4.90 Å². The van der Waals surface area contributed by atoms with Crippen LogP contribution in [-0.2, 0) is 0 Å². The molecule has 0 unspecified atom stereocenters. The molecule has 0 saturated heterocycles. The van der Waals surface area contributed by atoms with Crippen molar-refractivity contribution in [2.45, 2.75) is 31.7 Å². The van der Waals surface area contributed by atoms with Crippen LogP contribution in [0.3, 0.4) is 0 Å². The Kier molecular flexibility index (Phi) is 4.28. The van der Waals surface area contributed by atoms with Crippen LogP contribution in [0, 0.1) is 28.8 Å². The van der Waals surface area contributed by atoms with E-state index in [1.54, 1.807) is 0 Å². The summed E-state index contributed by atoms with van der Waals surface area (Å²) in [5.41, 5.74) is -0.274. The summed E-state index contributed by atoms with van der Waals surface area (Å²) >= 11 is 0.